The van der Waals surface area contributed by atoms with Gasteiger partial charge in [-0.05, 0) is 76.8 Å². The molecule has 3 aromatic heterocycles. The first kappa shape index (κ1) is 27.3. The van der Waals surface area contributed by atoms with E-state index in [0.717, 1.165) is 35.0 Å². The van der Waals surface area contributed by atoms with Crippen LogP contribution in [0.2, 0.25) is 0 Å². The number of amides is 1. The van der Waals surface area contributed by atoms with Crippen molar-refractivity contribution in [3.8, 4) is 0 Å². The Hall–Kier alpha value is -2.76. The average molecular weight is 545 g/mol. The monoisotopic (exact) mass is 544 g/mol. The highest BCUT2D eigenvalue weighted by Crippen LogP contribution is 2.36. The Morgan fingerprint density at radius 1 is 1.22 bits per heavy atom. The average Bonchev–Trinajstić information content (AvgIpc) is 3.27. The maximum Gasteiger partial charge on any atom is 0.410 e. The minimum absolute atomic E-state index is 0.254. The number of likely N-dealkylation sites (tertiary alicyclic amines) is 1. The van der Waals surface area contributed by atoms with Crippen LogP contribution in [0.1, 0.15) is 44.9 Å². The summed E-state index contributed by atoms with van der Waals surface area (Å²) in [6.45, 7) is 10.1. The molecule has 2 N–H and O–H groups in total. The molecule has 0 radical (unpaired) electrons. The third-order valence-corrected chi connectivity index (χ3v) is 7.81. The van der Waals surface area contributed by atoms with Crippen molar-refractivity contribution in [2.45, 2.75) is 61.8 Å². The van der Waals surface area contributed by atoms with Crippen molar-refractivity contribution in [2.24, 2.45) is 5.92 Å². The molecule has 0 saturated carbocycles. The van der Waals surface area contributed by atoms with Crippen LogP contribution in [0.15, 0.2) is 45.9 Å². The maximum atomic E-state index is 15.2. The lowest BCUT2D eigenvalue weighted by Crippen LogP contribution is -2.43. The molecule has 0 spiro atoms. The summed E-state index contributed by atoms with van der Waals surface area (Å²) in [7, 11) is 0. The van der Waals surface area contributed by atoms with Crippen molar-refractivity contribution in [3.05, 3.63) is 53.9 Å². The van der Waals surface area contributed by atoms with E-state index >= 15 is 4.39 Å². The van der Waals surface area contributed by atoms with Crippen molar-refractivity contribution >= 4 is 40.1 Å². The molecule has 1 amide bonds. The van der Waals surface area contributed by atoms with E-state index in [1.807, 2.05) is 39.8 Å². The van der Waals surface area contributed by atoms with Gasteiger partial charge in [0.05, 0.1) is 21.0 Å². The number of hydrogen-bond donors (Lipinski definition) is 2. The molecule has 1 fully saturated rings. The zero-order valence-corrected chi connectivity index (χ0v) is 23.2. The number of anilines is 2. The number of halogens is 1. The van der Waals surface area contributed by atoms with Gasteiger partial charge < -0.3 is 20.3 Å². The number of aryl methyl sites for hydroxylation is 1. The summed E-state index contributed by atoms with van der Waals surface area (Å²) in [4.78, 5) is 27.5. The summed E-state index contributed by atoms with van der Waals surface area (Å²) in [5.41, 5.74) is 1.01. The second-order valence-electron chi connectivity index (χ2n) is 10.0. The number of nitrogens with one attached hydrogen (secondary N) is 2. The Labute approximate surface area is 225 Å². The van der Waals surface area contributed by atoms with Crippen molar-refractivity contribution < 1.29 is 13.9 Å². The summed E-state index contributed by atoms with van der Waals surface area (Å²) in [6, 6.07) is 5.56. The third-order valence-electron chi connectivity index (χ3n) is 5.76. The third kappa shape index (κ3) is 8.11. The minimum atomic E-state index is -0.489. The first-order valence-corrected chi connectivity index (χ1v) is 13.9. The number of carbonyl (C=O) groups excluding carboxylic acids is 1. The second-order valence-corrected chi connectivity index (χ2v) is 12.4. The van der Waals surface area contributed by atoms with Gasteiger partial charge in [0, 0.05) is 32.0 Å². The fraction of sp³-hybridized carbons (Fsp3) is 0.462. The minimum Gasteiger partial charge on any atom is -0.444 e. The fourth-order valence-electron chi connectivity index (χ4n) is 3.90. The Morgan fingerprint density at radius 2 is 1.97 bits per heavy atom. The predicted molar refractivity (Wildman–Crippen MR) is 145 cm³/mol. The van der Waals surface area contributed by atoms with E-state index in [1.54, 1.807) is 29.6 Å². The Kier molecular flexibility index (Phi) is 8.99. The normalized spacial score (nSPS) is 14.6. The lowest BCUT2D eigenvalue weighted by molar-refractivity contribution is 0.0184. The number of hydrogen-bond acceptors (Lipinski definition) is 9. The SMILES string of the molecule is Cc1ccnc(Nc2ncc(Sc3ccnc(CNCC4CCN(C(=O)OC(C)(C)C)CC4)c3F)s2)c1. The number of thiazole rings is 1. The molecule has 4 heterocycles. The van der Waals surface area contributed by atoms with E-state index in [0.29, 0.717) is 41.3 Å². The Bertz CT molecular complexity index is 1210. The maximum absolute atomic E-state index is 15.2. The molecule has 198 valence electrons. The molecule has 11 heteroatoms. The van der Waals surface area contributed by atoms with Gasteiger partial charge in [-0.15, -0.1) is 0 Å². The van der Waals surface area contributed by atoms with Gasteiger partial charge in [0.15, 0.2) is 10.9 Å². The van der Waals surface area contributed by atoms with Crippen LogP contribution in [-0.2, 0) is 11.3 Å². The second kappa shape index (κ2) is 12.2. The molecule has 37 heavy (non-hydrogen) atoms. The van der Waals surface area contributed by atoms with Crippen LogP contribution in [0.5, 0.6) is 0 Å². The van der Waals surface area contributed by atoms with Crippen molar-refractivity contribution in [3.63, 3.8) is 0 Å². The van der Waals surface area contributed by atoms with E-state index < -0.39 is 5.60 Å². The Morgan fingerprint density at radius 3 is 2.70 bits per heavy atom. The van der Waals surface area contributed by atoms with E-state index in [2.05, 4.69) is 25.6 Å². The molecule has 0 aromatic carbocycles. The van der Waals surface area contributed by atoms with Gasteiger partial charge in [-0.25, -0.2) is 19.2 Å². The predicted octanol–water partition coefficient (Wildman–Crippen LogP) is 6.01. The van der Waals surface area contributed by atoms with Crippen molar-refractivity contribution in [1.82, 2.24) is 25.2 Å². The number of nitrogens with zero attached hydrogens (tertiary/aromatic N) is 4. The van der Waals surface area contributed by atoms with E-state index in [1.165, 1.54) is 23.1 Å². The smallest absolute Gasteiger partial charge is 0.410 e. The van der Waals surface area contributed by atoms with Crippen LogP contribution in [0.4, 0.5) is 20.1 Å². The summed E-state index contributed by atoms with van der Waals surface area (Å²) >= 11 is 2.78. The molecule has 4 rings (SSSR count). The first-order valence-electron chi connectivity index (χ1n) is 12.3. The van der Waals surface area contributed by atoms with E-state index in [9.17, 15) is 4.79 Å². The van der Waals surface area contributed by atoms with Gasteiger partial charge in [0.1, 0.15) is 11.4 Å². The lowest BCUT2D eigenvalue weighted by Gasteiger charge is -2.33. The highest BCUT2D eigenvalue weighted by atomic mass is 32.2. The van der Waals surface area contributed by atoms with Gasteiger partial charge in [-0.2, -0.15) is 0 Å². The van der Waals surface area contributed by atoms with Crippen molar-refractivity contribution in [2.75, 3.05) is 25.0 Å². The van der Waals surface area contributed by atoms with Crippen LogP contribution in [-0.4, -0.2) is 51.2 Å². The topological polar surface area (TPSA) is 92.3 Å². The number of carbonyl (C=O) groups is 1. The fourth-order valence-corrected chi connectivity index (χ4v) is 5.78. The highest BCUT2D eigenvalue weighted by molar-refractivity contribution is 8.01. The molecule has 0 aliphatic carbocycles. The van der Waals surface area contributed by atoms with Crippen molar-refractivity contribution in [1.29, 1.82) is 0 Å². The van der Waals surface area contributed by atoms with Crippen LogP contribution < -0.4 is 10.6 Å². The van der Waals surface area contributed by atoms with Crippen LogP contribution in [0.3, 0.4) is 0 Å². The standard InChI is InChI=1S/C26H33FN6O2S2/c1-17-5-9-30-21(13-17)32-24-31-16-22(37-24)36-20-6-10-29-19(23(20)27)15-28-14-18-7-11-33(12-8-18)25(34)35-26(2,3)4/h5-6,9-10,13,16,18,28H,7-8,11-12,14-15H2,1-4H3,(H,30,31,32). The van der Waals surface area contributed by atoms with Gasteiger partial charge in [-0.1, -0.05) is 23.1 Å². The van der Waals surface area contributed by atoms with Crippen LogP contribution >= 0.6 is 23.1 Å². The molecular weight excluding hydrogens is 511 g/mol. The number of aromatic nitrogens is 3. The van der Waals surface area contributed by atoms with Gasteiger partial charge >= 0.3 is 6.09 Å². The molecule has 8 nitrogen and oxygen atoms in total. The largest absolute Gasteiger partial charge is 0.444 e. The van der Waals surface area contributed by atoms with Crippen LogP contribution in [0, 0.1) is 18.7 Å². The van der Waals surface area contributed by atoms with E-state index in [4.69, 9.17) is 4.74 Å². The number of piperidine rings is 1. The molecule has 0 atom stereocenters. The van der Waals surface area contributed by atoms with E-state index in [-0.39, 0.29) is 11.9 Å². The molecule has 3 aromatic rings. The number of ether oxygens (including phenoxy) is 1. The summed E-state index contributed by atoms with van der Waals surface area (Å²) in [5, 5.41) is 7.24. The van der Waals surface area contributed by atoms with Gasteiger partial charge in [-0.3, -0.25) is 4.98 Å². The molecule has 1 aliphatic rings. The quantitative estimate of drug-likeness (QED) is 0.356. The summed E-state index contributed by atoms with van der Waals surface area (Å²) in [6.07, 6.45) is 6.63. The van der Waals surface area contributed by atoms with Gasteiger partial charge in [0.2, 0.25) is 0 Å². The molecule has 0 bridgehead atoms. The summed E-state index contributed by atoms with van der Waals surface area (Å²) in [5.74, 6) is 0.832. The summed E-state index contributed by atoms with van der Waals surface area (Å²) < 4.78 is 21.5. The number of pyridine rings is 2. The zero-order chi connectivity index (χ0) is 26.4. The van der Waals surface area contributed by atoms with Crippen LogP contribution in [0.25, 0.3) is 0 Å². The lowest BCUT2D eigenvalue weighted by atomic mass is 9.97. The molecule has 1 aliphatic heterocycles. The molecule has 1 saturated heterocycles. The first-order chi connectivity index (χ1) is 17.7. The number of rotatable bonds is 8. The van der Waals surface area contributed by atoms with Gasteiger partial charge in [0.25, 0.3) is 0 Å². The molecule has 0 unspecified atom stereocenters. The Balaban J connectivity index is 1.25. The molecular formula is C26H33FN6O2S2. The highest BCUT2D eigenvalue weighted by Gasteiger charge is 2.26. The zero-order valence-electron chi connectivity index (χ0n) is 21.6.